The third-order valence-corrected chi connectivity index (χ3v) is 11.5. The molecule has 0 aromatic rings. The standard InChI is InChI=1S/C49H83O13P/c1-3-5-7-9-11-13-15-17-19-20-21-22-24-26-28-30-32-34-36-38-43(51)61-41(40-60-63(57,58)62-49-47(55)45(53)44(52)46(54)48(49)56)39-59-42(50)37-35-33-31-29-27-25-23-18-16-14-12-10-8-6-4-2/h11-14,17-19,21-23,27,29,41,44-49,52-56H,3-10,15-16,20,24-26,28,30-40H2,1-2H3,(H,57,58). The molecule has 1 aliphatic carbocycles. The second-order valence-corrected chi connectivity index (χ2v) is 17.7. The van der Waals surface area contributed by atoms with Crippen LogP contribution in [0.25, 0.3) is 0 Å². The van der Waals surface area contributed by atoms with Crippen LogP contribution in [0, 0.1) is 0 Å². The van der Waals surface area contributed by atoms with Gasteiger partial charge in [0.2, 0.25) is 0 Å². The molecule has 1 aliphatic rings. The highest BCUT2D eigenvalue weighted by Gasteiger charge is 2.51. The van der Waals surface area contributed by atoms with Gasteiger partial charge in [-0.1, -0.05) is 138 Å². The average Bonchev–Trinajstić information content (AvgIpc) is 3.26. The van der Waals surface area contributed by atoms with E-state index in [1.807, 2.05) is 0 Å². The third-order valence-electron chi connectivity index (χ3n) is 10.5. The van der Waals surface area contributed by atoms with Gasteiger partial charge in [-0.3, -0.25) is 18.6 Å². The Balaban J connectivity index is 2.49. The maximum Gasteiger partial charge on any atom is 0.472 e. The second kappa shape index (κ2) is 38.5. The first-order chi connectivity index (χ1) is 30.4. The van der Waals surface area contributed by atoms with Gasteiger partial charge in [0, 0.05) is 12.8 Å². The molecule has 0 spiro atoms. The fraction of sp³-hybridized carbons (Fsp3) is 0.714. The largest absolute Gasteiger partial charge is 0.472 e. The van der Waals surface area contributed by atoms with E-state index in [-0.39, 0.29) is 12.8 Å². The molecule has 0 aliphatic heterocycles. The van der Waals surface area contributed by atoms with Gasteiger partial charge in [0.25, 0.3) is 0 Å². The summed E-state index contributed by atoms with van der Waals surface area (Å²) in [6.45, 7) is 3.19. The molecular weight excluding hydrogens is 828 g/mol. The molecule has 1 fully saturated rings. The lowest BCUT2D eigenvalue weighted by Gasteiger charge is -2.41. The molecule has 0 aromatic carbocycles. The second-order valence-electron chi connectivity index (χ2n) is 16.3. The number of aliphatic hydroxyl groups excluding tert-OH is 5. The van der Waals surface area contributed by atoms with Crippen molar-refractivity contribution >= 4 is 19.8 Å². The van der Waals surface area contributed by atoms with E-state index >= 15 is 0 Å². The zero-order chi connectivity index (χ0) is 46.4. The molecule has 0 heterocycles. The van der Waals surface area contributed by atoms with Crippen LogP contribution in [0.15, 0.2) is 72.9 Å². The maximum absolute atomic E-state index is 12.8. The van der Waals surface area contributed by atoms with Gasteiger partial charge in [-0.05, 0) is 89.9 Å². The Morgan fingerprint density at radius 2 is 0.857 bits per heavy atom. The topological polar surface area (TPSA) is 210 Å². The molecule has 63 heavy (non-hydrogen) atoms. The fourth-order valence-corrected chi connectivity index (χ4v) is 7.62. The third kappa shape index (κ3) is 31.0. The predicted octanol–water partition coefficient (Wildman–Crippen LogP) is 9.50. The number of allylic oxidation sites excluding steroid dienone is 12. The number of esters is 2. The monoisotopic (exact) mass is 911 g/mol. The summed E-state index contributed by atoms with van der Waals surface area (Å²) in [5.74, 6) is -1.16. The normalized spacial score (nSPS) is 22.3. The molecule has 0 amide bonds. The Morgan fingerprint density at radius 3 is 1.33 bits per heavy atom. The molecule has 0 saturated heterocycles. The zero-order valence-corrected chi connectivity index (χ0v) is 39.2. The first kappa shape index (κ1) is 58.3. The molecule has 1 rings (SSSR count). The first-order valence-corrected chi connectivity index (χ1v) is 25.2. The van der Waals surface area contributed by atoms with Gasteiger partial charge in [-0.25, -0.2) is 4.57 Å². The SMILES string of the molecule is CCCCCC=CCC=CCC=CCCCCCCCCC(=O)OC(COC(=O)CCCCC=CCC=CCC=CCCCCC)COP(=O)(O)OC1C(O)C(O)C(O)C(O)C1O. The van der Waals surface area contributed by atoms with E-state index in [0.717, 1.165) is 89.9 Å². The van der Waals surface area contributed by atoms with Gasteiger partial charge in [0.1, 0.15) is 43.2 Å². The van der Waals surface area contributed by atoms with E-state index in [1.54, 1.807) is 0 Å². The number of hydrogen-bond donors (Lipinski definition) is 6. The van der Waals surface area contributed by atoms with Crippen molar-refractivity contribution in [3.63, 3.8) is 0 Å². The quantitative estimate of drug-likeness (QED) is 0.0148. The van der Waals surface area contributed by atoms with Crippen LogP contribution < -0.4 is 0 Å². The molecule has 0 radical (unpaired) electrons. The highest BCUT2D eigenvalue weighted by molar-refractivity contribution is 7.47. The van der Waals surface area contributed by atoms with Crippen LogP contribution in [0.3, 0.4) is 0 Å². The van der Waals surface area contributed by atoms with Crippen molar-refractivity contribution in [2.45, 2.75) is 211 Å². The number of aliphatic hydroxyl groups is 5. The van der Waals surface area contributed by atoms with Crippen LogP contribution in [0.5, 0.6) is 0 Å². The number of rotatable bonds is 38. The van der Waals surface area contributed by atoms with Crippen LogP contribution in [0.2, 0.25) is 0 Å². The van der Waals surface area contributed by atoms with E-state index in [0.29, 0.717) is 12.8 Å². The summed E-state index contributed by atoms with van der Waals surface area (Å²) in [5.41, 5.74) is 0. The lowest BCUT2D eigenvalue weighted by atomic mass is 9.85. The summed E-state index contributed by atoms with van der Waals surface area (Å²) in [7, 11) is -5.14. The van der Waals surface area contributed by atoms with Crippen LogP contribution >= 0.6 is 7.82 Å². The predicted molar refractivity (Wildman–Crippen MR) is 249 cm³/mol. The minimum absolute atomic E-state index is 0.0701. The van der Waals surface area contributed by atoms with Gasteiger partial charge < -0.3 is 39.9 Å². The van der Waals surface area contributed by atoms with E-state index in [9.17, 15) is 44.6 Å². The van der Waals surface area contributed by atoms with Crippen molar-refractivity contribution in [3.05, 3.63) is 72.9 Å². The number of hydrogen-bond acceptors (Lipinski definition) is 12. The van der Waals surface area contributed by atoms with Crippen LogP contribution in [-0.4, -0.2) is 98.3 Å². The smallest absolute Gasteiger partial charge is 0.462 e. The Labute approximate surface area is 378 Å². The van der Waals surface area contributed by atoms with Crippen molar-refractivity contribution in [2.75, 3.05) is 13.2 Å². The van der Waals surface area contributed by atoms with Gasteiger partial charge in [-0.15, -0.1) is 0 Å². The summed E-state index contributed by atoms with van der Waals surface area (Å²) >= 11 is 0. The minimum Gasteiger partial charge on any atom is -0.462 e. The van der Waals surface area contributed by atoms with E-state index in [1.165, 1.54) is 38.5 Å². The summed E-state index contributed by atoms with van der Waals surface area (Å²) in [6, 6.07) is 0. The van der Waals surface area contributed by atoms with Crippen molar-refractivity contribution in [2.24, 2.45) is 0 Å². The number of carbonyl (C=O) groups excluding carboxylic acids is 2. The van der Waals surface area contributed by atoms with E-state index in [4.69, 9.17) is 18.5 Å². The lowest BCUT2D eigenvalue weighted by Crippen LogP contribution is -2.64. The molecule has 13 nitrogen and oxygen atoms in total. The molecule has 362 valence electrons. The zero-order valence-electron chi connectivity index (χ0n) is 38.3. The Bertz CT molecular complexity index is 1380. The minimum atomic E-state index is -5.14. The van der Waals surface area contributed by atoms with Gasteiger partial charge >= 0.3 is 19.8 Å². The molecule has 1 saturated carbocycles. The number of phosphoric ester groups is 1. The summed E-state index contributed by atoms with van der Waals surface area (Å²) in [6.07, 6.45) is 35.2. The molecule has 14 heteroatoms. The van der Waals surface area contributed by atoms with E-state index in [2.05, 4.69) is 86.8 Å². The van der Waals surface area contributed by atoms with Gasteiger partial charge in [0.15, 0.2) is 6.10 Å². The van der Waals surface area contributed by atoms with Crippen molar-refractivity contribution in [1.29, 1.82) is 0 Å². The number of phosphoric acid groups is 1. The molecule has 0 aromatic heterocycles. The maximum atomic E-state index is 12.8. The molecule has 0 bridgehead atoms. The molecular formula is C49H83O13P. The number of carbonyl (C=O) groups is 2. The Morgan fingerprint density at radius 1 is 0.492 bits per heavy atom. The summed E-state index contributed by atoms with van der Waals surface area (Å²) in [5, 5.41) is 50.2. The fourth-order valence-electron chi connectivity index (χ4n) is 6.65. The summed E-state index contributed by atoms with van der Waals surface area (Å²) < 4.78 is 33.5. The van der Waals surface area contributed by atoms with Gasteiger partial charge in [-0.2, -0.15) is 0 Å². The molecule has 6 N–H and O–H groups in total. The molecule has 6 unspecified atom stereocenters. The summed E-state index contributed by atoms with van der Waals surface area (Å²) in [4.78, 5) is 35.7. The van der Waals surface area contributed by atoms with Crippen molar-refractivity contribution in [1.82, 2.24) is 0 Å². The highest BCUT2D eigenvalue weighted by Crippen LogP contribution is 2.47. The highest BCUT2D eigenvalue weighted by atomic mass is 31.2. The van der Waals surface area contributed by atoms with Crippen molar-refractivity contribution in [3.8, 4) is 0 Å². The van der Waals surface area contributed by atoms with Crippen LogP contribution in [0.1, 0.15) is 168 Å². The first-order valence-electron chi connectivity index (χ1n) is 23.7. The lowest BCUT2D eigenvalue weighted by molar-refractivity contribution is -0.220. The molecule has 6 atom stereocenters. The Kier molecular flexibility index (Phi) is 35.7. The van der Waals surface area contributed by atoms with Crippen LogP contribution in [-0.2, 0) is 32.7 Å². The Hall–Kier alpha value is -2.71. The number of ether oxygens (including phenoxy) is 2. The average molecular weight is 911 g/mol. The van der Waals surface area contributed by atoms with Crippen molar-refractivity contribution < 1.29 is 63.1 Å². The number of unbranched alkanes of at least 4 members (excludes halogenated alkanes) is 14. The van der Waals surface area contributed by atoms with Gasteiger partial charge in [0.05, 0.1) is 6.61 Å². The van der Waals surface area contributed by atoms with Crippen LogP contribution in [0.4, 0.5) is 0 Å². The van der Waals surface area contributed by atoms with E-state index < -0.39 is 75.7 Å².